The summed E-state index contributed by atoms with van der Waals surface area (Å²) in [6.45, 7) is 0. The lowest BCUT2D eigenvalue weighted by atomic mass is 10.1. The van der Waals surface area contributed by atoms with E-state index in [2.05, 4.69) is 20.7 Å². The SMILES string of the molecule is COC(=O)C(N)c1ccc(Br)cc1OC.Cl. The van der Waals surface area contributed by atoms with Gasteiger partial charge < -0.3 is 15.2 Å². The monoisotopic (exact) mass is 309 g/mol. The first-order valence-electron chi connectivity index (χ1n) is 4.27. The maximum atomic E-state index is 11.3. The van der Waals surface area contributed by atoms with Crippen LogP contribution >= 0.6 is 28.3 Å². The standard InChI is InChI=1S/C10H12BrNO3.ClH/c1-14-8-5-6(11)3-4-7(8)9(12)10(13)15-2;/h3-5,9H,12H2,1-2H3;1H. The van der Waals surface area contributed by atoms with Crippen LogP contribution in [-0.4, -0.2) is 20.2 Å². The van der Waals surface area contributed by atoms with E-state index in [0.717, 1.165) is 4.47 Å². The van der Waals surface area contributed by atoms with Gasteiger partial charge in [-0.25, -0.2) is 0 Å². The molecule has 0 bridgehead atoms. The van der Waals surface area contributed by atoms with E-state index in [1.54, 1.807) is 18.2 Å². The predicted molar refractivity (Wildman–Crippen MR) is 66.9 cm³/mol. The largest absolute Gasteiger partial charge is 0.496 e. The van der Waals surface area contributed by atoms with Gasteiger partial charge in [-0.15, -0.1) is 12.4 Å². The Bertz CT molecular complexity index is 373. The van der Waals surface area contributed by atoms with E-state index in [1.165, 1.54) is 14.2 Å². The number of carbonyl (C=O) groups is 1. The smallest absolute Gasteiger partial charge is 0.327 e. The van der Waals surface area contributed by atoms with E-state index in [0.29, 0.717) is 11.3 Å². The third-order valence-corrected chi connectivity index (χ3v) is 2.48. The molecule has 0 saturated carbocycles. The minimum Gasteiger partial charge on any atom is -0.496 e. The van der Waals surface area contributed by atoms with Gasteiger partial charge in [0.05, 0.1) is 14.2 Å². The molecule has 1 unspecified atom stereocenters. The average Bonchev–Trinajstić information content (AvgIpc) is 2.26. The first-order valence-corrected chi connectivity index (χ1v) is 5.06. The molecular weight excluding hydrogens is 297 g/mol. The molecule has 1 rings (SSSR count). The molecular formula is C10H13BrClNO3. The fraction of sp³-hybridized carbons (Fsp3) is 0.300. The van der Waals surface area contributed by atoms with Crippen molar-refractivity contribution in [2.75, 3.05) is 14.2 Å². The molecule has 0 aliphatic heterocycles. The number of hydrogen-bond donors (Lipinski definition) is 1. The molecule has 0 spiro atoms. The first-order chi connectivity index (χ1) is 7.10. The van der Waals surface area contributed by atoms with Gasteiger partial charge in [-0.05, 0) is 12.1 Å². The highest BCUT2D eigenvalue weighted by molar-refractivity contribution is 9.10. The van der Waals surface area contributed by atoms with Crippen LogP contribution in [0.1, 0.15) is 11.6 Å². The molecule has 0 aromatic heterocycles. The number of esters is 1. The number of ether oxygens (including phenoxy) is 2. The Balaban J connectivity index is 0.00000225. The molecule has 0 aliphatic rings. The topological polar surface area (TPSA) is 61.5 Å². The maximum Gasteiger partial charge on any atom is 0.327 e. The van der Waals surface area contributed by atoms with Crippen LogP contribution in [0.3, 0.4) is 0 Å². The highest BCUT2D eigenvalue weighted by Crippen LogP contribution is 2.27. The van der Waals surface area contributed by atoms with E-state index in [9.17, 15) is 4.79 Å². The highest BCUT2D eigenvalue weighted by atomic mass is 79.9. The summed E-state index contributed by atoms with van der Waals surface area (Å²) in [5, 5.41) is 0. The van der Waals surface area contributed by atoms with E-state index in [1.807, 2.05) is 0 Å². The molecule has 1 aromatic carbocycles. The van der Waals surface area contributed by atoms with Crippen LogP contribution in [0, 0.1) is 0 Å². The van der Waals surface area contributed by atoms with E-state index >= 15 is 0 Å². The maximum absolute atomic E-state index is 11.3. The quantitative estimate of drug-likeness (QED) is 0.868. The molecule has 1 aromatic rings. The van der Waals surface area contributed by atoms with E-state index < -0.39 is 12.0 Å². The van der Waals surface area contributed by atoms with Gasteiger partial charge in [0.25, 0.3) is 0 Å². The molecule has 4 nitrogen and oxygen atoms in total. The van der Waals surface area contributed by atoms with E-state index in [-0.39, 0.29) is 12.4 Å². The molecule has 0 amide bonds. The van der Waals surface area contributed by atoms with Crippen LogP contribution in [0.4, 0.5) is 0 Å². The third-order valence-electron chi connectivity index (χ3n) is 1.99. The summed E-state index contributed by atoms with van der Waals surface area (Å²) in [7, 11) is 2.82. The summed E-state index contributed by atoms with van der Waals surface area (Å²) in [5.74, 6) is 0.0675. The van der Waals surface area contributed by atoms with Gasteiger partial charge in [0, 0.05) is 10.0 Å². The van der Waals surface area contributed by atoms with Crippen LogP contribution in [0.5, 0.6) is 5.75 Å². The van der Waals surface area contributed by atoms with Crippen LogP contribution in [0.15, 0.2) is 22.7 Å². The molecule has 2 N–H and O–H groups in total. The third kappa shape index (κ3) is 3.37. The van der Waals surface area contributed by atoms with Crippen molar-refractivity contribution in [3.63, 3.8) is 0 Å². The van der Waals surface area contributed by atoms with Gasteiger partial charge >= 0.3 is 5.97 Å². The Morgan fingerprint density at radius 1 is 1.44 bits per heavy atom. The number of methoxy groups -OCH3 is 2. The lowest BCUT2D eigenvalue weighted by Crippen LogP contribution is -2.23. The Morgan fingerprint density at radius 3 is 2.56 bits per heavy atom. The van der Waals surface area contributed by atoms with Crippen molar-refractivity contribution in [2.45, 2.75) is 6.04 Å². The van der Waals surface area contributed by atoms with Gasteiger partial charge in [-0.3, -0.25) is 4.79 Å². The minimum atomic E-state index is -0.821. The second-order valence-corrected chi connectivity index (χ2v) is 3.80. The normalized spacial score (nSPS) is 11.2. The number of halogens is 2. The number of rotatable bonds is 3. The second kappa shape index (κ2) is 6.73. The second-order valence-electron chi connectivity index (χ2n) is 2.89. The number of benzene rings is 1. The zero-order valence-corrected chi connectivity index (χ0v) is 11.3. The van der Waals surface area contributed by atoms with Gasteiger partial charge in [-0.2, -0.15) is 0 Å². The molecule has 1 atom stereocenters. The van der Waals surface area contributed by atoms with Gasteiger partial charge in [0.2, 0.25) is 0 Å². The molecule has 16 heavy (non-hydrogen) atoms. The highest BCUT2D eigenvalue weighted by Gasteiger charge is 2.20. The summed E-state index contributed by atoms with van der Waals surface area (Å²) in [5.41, 5.74) is 6.31. The molecule has 0 saturated heterocycles. The molecule has 6 heteroatoms. The van der Waals surface area contributed by atoms with Crippen molar-refractivity contribution in [1.82, 2.24) is 0 Å². The Hall–Kier alpha value is -0.780. The van der Waals surface area contributed by atoms with Gasteiger partial charge in [-0.1, -0.05) is 22.0 Å². The molecule has 0 fully saturated rings. The zero-order valence-electron chi connectivity index (χ0n) is 8.90. The van der Waals surface area contributed by atoms with Crippen molar-refractivity contribution in [3.8, 4) is 5.75 Å². The summed E-state index contributed by atoms with van der Waals surface area (Å²) in [6.07, 6.45) is 0. The predicted octanol–water partition coefficient (Wildman–Crippen LogP) is 2.05. The fourth-order valence-corrected chi connectivity index (χ4v) is 1.54. The van der Waals surface area contributed by atoms with Gasteiger partial charge in [0.1, 0.15) is 11.8 Å². The summed E-state index contributed by atoms with van der Waals surface area (Å²) < 4.78 is 10.6. The van der Waals surface area contributed by atoms with Crippen LogP contribution in [-0.2, 0) is 9.53 Å². The van der Waals surface area contributed by atoms with Crippen molar-refractivity contribution in [3.05, 3.63) is 28.2 Å². The number of hydrogen-bond acceptors (Lipinski definition) is 4. The van der Waals surface area contributed by atoms with Crippen LogP contribution < -0.4 is 10.5 Å². The number of carbonyl (C=O) groups excluding carboxylic acids is 1. The Morgan fingerprint density at radius 2 is 2.06 bits per heavy atom. The minimum absolute atomic E-state index is 0. The average molecular weight is 311 g/mol. The van der Waals surface area contributed by atoms with E-state index in [4.69, 9.17) is 10.5 Å². The molecule has 0 heterocycles. The van der Waals surface area contributed by atoms with Crippen LogP contribution in [0.2, 0.25) is 0 Å². The van der Waals surface area contributed by atoms with Crippen molar-refractivity contribution in [2.24, 2.45) is 5.73 Å². The molecule has 0 radical (unpaired) electrons. The zero-order chi connectivity index (χ0) is 11.4. The number of nitrogens with two attached hydrogens (primary N) is 1. The summed E-state index contributed by atoms with van der Waals surface area (Å²) >= 11 is 3.30. The van der Waals surface area contributed by atoms with Gasteiger partial charge in [0.15, 0.2) is 0 Å². The van der Waals surface area contributed by atoms with Crippen molar-refractivity contribution in [1.29, 1.82) is 0 Å². The molecule has 90 valence electrons. The summed E-state index contributed by atoms with van der Waals surface area (Å²) in [6, 6.07) is 4.45. The summed E-state index contributed by atoms with van der Waals surface area (Å²) in [4.78, 5) is 11.3. The fourth-order valence-electron chi connectivity index (χ4n) is 1.20. The van der Waals surface area contributed by atoms with Crippen LogP contribution in [0.25, 0.3) is 0 Å². The lowest BCUT2D eigenvalue weighted by molar-refractivity contribution is -0.142. The lowest BCUT2D eigenvalue weighted by Gasteiger charge is -2.13. The van der Waals surface area contributed by atoms with Crippen molar-refractivity contribution >= 4 is 34.3 Å². The Labute approximate surface area is 109 Å². The van der Waals surface area contributed by atoms with Crippen molar-refractivity contribution < 1.29 is 14.3 Å². The first kappa shape index (κ1) is 15.2. The molecule has 0 aliphatic carbocycles. The Kier molecular flexibility index (Phi) is 6.40.